The molecule has 68 valence electrons. The summed E-state index contributed by atoms with van der Waals surface area (Å²) in [5, 5.41) is 0. The number of likely N-dealkylation sites (tertiary alicyclic amines) is 1. The number of halogens is 1. The number of carbonyl (C=O) groups excluding carboxylic acids is 2. The number of alkyl halides is 1. The van der Waals surface area contributed by atoms with Gasteiger partial charge in [-0.25, -0.2) is 0 Å². The Morgan fingerprint density at radius 2 is 2.25 bits per heavy atom. The normalized spacial score (nSPS) is 31.1. The number of hydrogen-bond donors (Lipinski definition) is 0. The van der Waals surface area contributed by atoms with Crippen molar-refractivity contribution in [3.8, 4) is 0 Å². The minimum atomic E-state index is -0.457. The number of piperidine rings is 1. The molecule has 0 N–H and O–H groups in total. The summed E-state index contributed by atoms with van der Waals surface area (Å²) >= 11 is 2.09. The monoisotopic (exact) mass is 299 g/mol. The zero-order valence-corrected chi connectivity index (χ0v) is 10.2. The number of carbonyl (C=O) groups is 2. The maximum atomic E-state index is 11.6. The van der Waals surface area contributed by atoms with Gasteiger partial charge < -0.3 is 0 Å². The standard InChI is InChI=1S/C7H11INO2P/c1-2-9-5(10)3-4-7(8,12)6(9)11/h2-4,12H2,1H3. The zero-order chi connectivity index (χ0) is 9.35. The van der Waals surface area contributed by atoms with Crippen LogP contribution in [-0.4, -0.2) is 26.4 Å². The van der Waals surface area contributed by atoms with Crippen LogP contribution in [0.15, 0.2) is 0 Å². The molecule has 3 nitrogen and oxygen atoms in total. The zero-order valence-electron chi connectivity index (χ0n) is 6.84. The van der Waals surface area contributed by atoms with Crippen LogP contribution >= 0.6 is 31.8 Å². The van der Waals surface area contributed by atoms with Gasteiger partial charge in [0.15, 0.2) is 0 Å². The van der Waals surface area contributed by atoms with Crippen LogP contribution < -0.4 is 0 Å². The molecule has 12 heavy (non-hydrogen) atoms. The third-order valence-corrected chi connectivity index (χ3v) is 3.46. The Morgan fingerprint density at radius 3 is 2.67 bits per heavy atom. The molecular weight excluding hydrogens is 288 g/mol. The number of imide groups is 1. The lowest BCUT2D eigenvalue weighted by molar-refractivity contribution is -0.147. The molecule has 1 saturated heterocycles. The summed E-state index contributed by atoms with van der Waals surface area (Å²) in [5.41, 5.74) is 0. The largest absolute Gasteiger partial charge is 0.281 e. The highest BCUT2D eigenvalue weighted by atomic mass is 127. The van der Waals surface area contributed by atoms with E-state index in [-0.39, 0.29) is 11.8 Å². The van der Waals surface area contributed by atoms with Gasteiger partial charge in [-0.3, -0.25) is 14.5 Å². The van der Waals surface area contributed by atoms with Gasteiger partial charge in [0, 0.05) is 13.0 Å². The van der Waals surface area contributed by atoms with Crippen molar-refractivity contribution >= 4 is 43.6 Å². The van der Waals surface area contributed by atoms with E-state index in [0.29, 0.717) is 19.4 Å². The quantitative estimate of drug-likeness (QED) is 0.315. The smallest absolute Gasteiger partial charge is 0.249 e. The molecule has 1 aliphatic rings. The minimum absolute atomic E-state index is 0.0442. The predicted molar refractivity (Wildman–Crippen MR) is 58.1 cm³/mol. The van der Waals surface area contributed by atoms with Crippen molar-refractivity contribution in [3.63, 3.8) is 0 Å². The molecule has 2 atom stereocenters. The van der Waals surface area contributed by atoms with E-state index >= 15 is 0 Å². The Morgan fingerprint density at radius 1 is 1.67 bits per heavy atom. The van der Waals surface area contributed by atoms with Gasteiger partial charge in [-0.1, -0.05) is 22.6 Å². The van der Waals surface area contributed by atoms with Gasteiger partial charge >= 0.3 is 0 Å². The fourth-order valence-corrected chi connectivity index (χ4v) is 2.05. The lowest BCUT2D eigenvalue weighted by atomic mass is 10.1. The summed E-state index contributed by atoms with van der Waals surface area (Å²) in [7, 11) is 2.52. The highest BCUT2D eigenvalue weighted by molar-refractivity contribution is 14.1. The molecular formula is C7H11INO2P. The Labute approximate surface area is 87.6 Å². The van der Waals surface area contributed by atoms with Gasteiger partial charge in [0.1, 0.15) is 3.16 Å². The summed E-state index contributed by atoms with van der Waals surface area (Å²) in [6.45, 7) is 2.30. The van der Waals surface area contributed by atoms with E-state index in [9.17, 15) is 9.59 Å². The second-order valence-electron chi connectivity index (χ2n) is 2.81. The van der Waals surface area contributed by atoms with Gasteiger partial charge in [0.2, 0.25) is 11.8 Å². The first kappa shape index (κ1) is 10.4. The molecule has 0 aromatic rings. The van der Waals surface area contributed by atoms with Crippen LogP contribution in [0.5, 0.6) is 0 Å². The molecule has 1 heterocycles. The van der Waals surface area contributed by atoms with E-state index in [1.807, 2.05) is 6.92 Å². The van der Waals surface area contributed by atoms with Gasteiger partial charge in [-0.15, -0.1) is 9.24 Å². The molecule has 0 radical (unpaired) electrons. The van der Waals surface area contributed by atoms with Crippen LogP contribution in [0.3, 0.4) is 0 Å². The van der Waals surface area contributed by atoms with Crippen molar-refractivity contribution < 1.29 is 9.59 Å². The fraction of sp³-hybridized carbons (Fsp3) is 0.714. The van der Waals surface area contributed by atoms with Crippen molar-refractivity contribution in [2.45, 2.75) is 22.9 Å². The van der Waals surface area contributed by atoms with Crippen LogP contribution in [-0.2, 0) is 9.59 Å². The summed E-state index contributed by atoms with van der Waals surface area (Å²) in [4.78, 5) is 24.1. The van der Waals surface area contributed by atoms with Crippen molar-refractivity contribution in [3.05, 3.63) is 0 Å². The Hall–Kier alpha value is 0.300. The number of nitrogens with zero attached hydrogens (tertiary/aromatic N) is 1. The summed E-state index contributed by atoms with van der Waals surface area (Å²) in [5.74, 6) is -0.121. The lowest BCUT2D eigenvalue weighted by Gasteiger charge is -2.33. The van der Waals surface area contributed by atoms with E-state index in [0.717, 1.165) is 0 Å². The van der Waals surface area contributed by atoms with Crippen molar-refractivity contribution in [2.75, 3.05) is 6.54 Å². The number of rotatable bonds is 1. The molecule has 0 bridgehead atoms. The second kappa shape index (κ2) is 3.58. The van der Waals surface area contributed by atoms with E-state index in [1.54, 1.807) is 0 Å². The van der Waals surface area contributed by atoms with Crippen LogP contribution in [0.25, 0.3) is 0 Å². The maximum Gasteiger partial charge on any atom is 0.249 e. The number of amides is 2. The minimum Gasteiger partial charge on any atom is -0.281 e. The van der Waals surface area contributed by atoms with Crippen LogP contribution in [0.2, 0.25) is 0 Å². The Kier molecular flexibility index (Phi) is 3.10. The van der Waals surface area contributed by atoms with Crippen LogP contribution in [0, 0.1) is 0 Å². The molecule has 2 unspecified atom stereocenters. The average Bonchev–Trinajstić information content (AvgIpc) is 2.00. The van der Waals surface area contributed by atoms with Gasteiger partial charge in [0.25, 0.3) is 0 Å². The Balaban J connectivity index is 2.85. The SMILES string of the molecule is CCN1C(=O)CCC(P)(I)C1=O. The topological polar surface area (TPSA) is 37.4 Å². The predicted octanol–water partition coefficient (Wildman–Crippen LogP) is 1.16. The van der Waals surface area contributed by atoms with Gasteiger partial charge in [-0.05, 0) is 13.3 Å². The highest BCUT2D eigenvalue weighted by Gasteiger charge is 2.40. The maximum absolute atomic E-state index is 11.6. The first-order valence-electron chi connectivity index (χ1n) is 3.81. The van der Waals surface area contributed by atoms with E-state index in [1.165, 1.54) is 4.90 Å². The average molecular weight is 299 g/mol. The van der Waals surface area contributed by atoms with Gasteiger partial charge in [0.05, 0.1) is 0 Å². The van der Waals surface area contributed by atoms with E-state index in [4.69, 9.17) is 0 Å². The van der Waals surface area contributed by atoms with Crippen molar-refractivity contribution in [1.29, 1.82) is 0 Å². The first-order chi connectivity index (χ1) is 5.49. The first-order valence-corrected chi connectivity index (χ1v) is 5.47. The molecule has 0 aromatic carbocycles. The number of hydrogen-bond acceptors (Lipinski definition) is 2. The van der Waals surface area contributed by atoms with Gasteiger partial charge in [-0.2, -0.15) is 0 Å². The summed E-state index contributed by atoms with van der Waals surface area (Å²) < 4.78 is -0.457. The second-order valence-corrected chi connectivity index (χ2v) is 6.89. The fourth-order valence-electron chi connectivity index (χ4n) is 1.19. The molecule has 5 heteroatoms. The summed E-state index contributed by atoms with van der Waals surface area (Å²) in [6.07, 6.45) is 1.11. The molecule has 0 saturated carbocycles. The Bertz CT molecular complexity index is 229. The van der Waals surface area contributed by atoms with E-state index < -0.39 is 3.16 Å². The molecule has 1 aliphatic heterocycles. The van der Waals surface area contributed by atoms with Crippen LogP contribution in [0.1, 0.15) is 19.8 Å². The molecule has 0 aliphatic carbocycles. The lowest BCUT2D eigenvalue weighted by Crippen LogP contribution is -2.49. The molecule has 0 spiro atoms. The molecule has 1 fully saturated rings. The summed E-state index contributed by atoms with van der Waals surface area (Å²) in [6, 6.07) is 0. The molecule has 0 aromatic heterocycles. The van der Waals surface area contributed by atoms with Crippen molar-refractivity contribution in [2.24, 2.45) is 0 Å². The third-order valence-electron chi connectivity index (χ3n) is 1.92. The molecule has 2 amide bonds. The van der Waals surface area contributed by atoms with Crippen LogP contribution in [0.4, 0.5) is 0 Å². The van der Waals surface area contributed by atoms with E-state index in [2.05, 4.69) is 31.8 Å². The highest BCUT2D eigenvalue weighted by Crippen LogP contribution is 2.37. The third kappa shape index (κ3) is 1.79. The molecule has 1 rings (SSSR count). The van der Waals surface area contributed by atoms with Crippen molar-refractivity contribution in [1.82, 2.24) is 4.90 Å².